The van der Waals surface area contributed by atoms with Gasteiger partial charge in [0.2, 0.25) is 0 Å². The smallest absolute Gasteiger partial charge is 0.369 e. The first-order valence-electron chi connectivity index (χ1n) is 9.96. The van der Waals surface area contributed by atoms with Crippen LogP contribution in [0.3, 0.4) is 0 Å². The largest absolute Gasteiger partial charge is 0.418 e. The molecule has 2 amide bonds. The average molecular weight is 441 g/mol. The van der Waals surface area contributed by atoms with Gasteiger partial charge < -0.3 is 16.0 Å². The summed E-state index contributed by atoms with van der Waals surface area (Å²) >= 11 is 0. The van der Waals surface area contributed by atoms with Gasteiger partial charge >= 0.3 is 12.2 Å². The number of amides is 2. The second kappa shape index (κ2) is 9.56. The van der Waals surface area contributed by atoms with E-state index in [0.29, 0.717) is 24.3 Å². The molecule has 6 nitrogen and oxygen atoms in total. The molecule has 0 saturated heterocycles. The van der Waals surface area contributed by atoms with Crippen molar-refractivity contribution in [3.8, 4) is 6.07 Å². The predicted molar refractivity (Wildman–Crippen MR) is 118 cm³/mol. The van der Waals surface area contributed by atoms with Crippen LogP contribution >= 0.6 is 0 Å². The Bertz CT molecular complexity index is 1180. The highest BCUT2D eigenvalue weighted by atomic mass is 19.4. The zero-order valence-electron chi connectivity index (χ0n) is 17.6. The topological polar surface area (TPSA) is 89.8 Å². The van der Waals surface area contributed by atoms with Gasteiger partial charge in [0.15, 0.2) is 0 Å². The molecule has 0 radical (unpaired) electrons. The molecule has 0 atom stereocenters. The molecule has 2 aromatic carbocycles. The predicted octanol–water partition coefficient (Wildman–Crippen LogP) is 5.37. The summed E-state index contributed by atoms with van der Waals surface area (Å²) in [5, 5.41) is 18.2. The lowest BCUT2D eigenvalue weighted by atomic mass is 10.0. The van der Waals surface area contributed by atoms with E-state index in [0.717, 1.165) is 28.1 Å². The molecule has 0 bridgehead atoms. The number of hydrogen-bond donors (Lipinski definition) is 3. The monoisotopic (exact) mass is 441 g/mol. The number of carbonyl (C=O) groups is 1. The molecule has 3 rings (SSSR count). The van der Waals surface area contributed by atoms with Gasteiger partial charge in [0.25, 0.3) is 0 Å². The van der Waals surface area contributed by atoms with Crippen molar-refractivity contribution < 1.29 is 18.0 Å². The van der Waals surface area contributed by atoms with Gasteiger partial charge in [-0.1, -0.05) is 24.3 Å². The van der Waals surface area contributed by atoms with Crippen LogP contribution in [0.1, 0.15) is 28.7 Å². The highest BCUT2D eigenvalue weighted by molar-refractivity contribution is 5.90. The molecular formula is C23H22F3N5O. The van der Waals surface area contributed by atoms with Crippen LogP contribution in [0.4, 0.5) is 29.5 Å². The first-order chi connectivity index (χ1) is 15.2. The Labute approximate surface area is 183 Å². The molecule has 0 saturated carbocycles. The average Bonchev–Trinajstić information content (AvgIpc) is 2.75. The first-order valence-corrected chi connectivity index (χ1v) is 9.96. The minimum absolute atomic E-state index is 0.223. The fraction of sp³-hybridized carbons (Fsp3) is 0.261. The fourth-order valence-electron chi connectivity index (χ4n) is 3.21. The van der Waals surface area contributed by atoms with Crippen molar-refractivity contribution in [3.63, 3.8) is 0 Å². The summed E-state index contributed by atoms with van der Waals surface area (Å²) in [4.78, 5) is 16.6. The third-order valence-corrected chi connectivity index (χ3v) is 5.04. The first kappa shape index (κ1) is 22.9. The van der Waals surface area contributed by atoms with E-state index in [9.17, 15) is 23.2 Å². The van der Waals surface area contributed by atoms with E-state index >= 15 is 0 Å². The molecule has 0 aliphatic carbocycles. The van der Waals surface area contributed by atoms with Crippen molar-refractivity contribution in [2.45, 2.75) is 26.4 Å². The summed E-state index contributed by atoms with van der Waals surface area (Å²) < 4.78 is 39.0. The van der Waals surface area contributed by atoms with Crippen LogP contribution in [-0.4, -0.2) is 24.1 Å². The minimum atomic E-state index is -4.56. The van der Waals surface area contributed by atoms with E-state index in [4.69, 9.17) is 0 Å². The molecule has 166 valence electrons. The number of nitrogens with one attached hydrogen (secondary N) is 3. The van der Waals surface area contributed by atoms with Crippen molar-refractivity contribution in [1.29, 1.82) is 5.26 Å². The van der Waals surface area contributed by atoms with Gasteiger partial charge in [0.05, 0.1) is 22.3 Å². The van der Waals surface area contributed by atoms with Crippen LogP contribution in [0.5, 0.6) is 0 Å². The van der Waals surface area contributed by atoms with Crippen LogP contribution in [-0.2, 0) is 6.18 Å². The molecule has 3 N–H and O–H groups in total. The molecule has 1 aromatic heterocycles. The Kier molecular flexibility index (Phi) is 6.83. The number of nitrogens with zero attached hydrogens (tertiary/aromatic N) is 2. The van der Waals surface area contributed by atoms with Gasteiger partial charge in [-0.2, -0.15) is 18.4 Å². The van der Waals surface area contributed by atoms with E-state index in [-0.39, 0.29) is 12.2 Å². The number of urea groups is 1. The molecule has 0 spiro atoms. The van der Waals surface area contributed by atoms with Gasteiger partial charge in [-0.3, -0.25) is 0 Å². The molecule has 9 heteroatoms. The number of benzene rings is 2. The Morgan fingerprint density at radius 1 is 1.12 bits per heavy atom. The third kappa shape index (κ3) is 5.27. The van der Waals surface area contributed by atoms with E-state index in [1.54, 1.807) is 6.07 Å². The van der Waals surface area contributed by atoms with Crippen LogP contribution in [0.2, 0.25) is 0 Å². The summed E-state index contributed by atoms with van der Waals surface area (Å²) in [6.07, 6.45) is -4.08. The number of fused-ring (bicyclic) bond motifs is 1. The lowest BCUT2D eigenvalue weighted by Gasteiger charge is -2.14. The normalized spacial score (nSPS) is 11.1. The Hall–Kier alpha value is -3.80. The van der Waals surface area contributed by atoms with Gasteiger partial charge in [-0.15, -0.1) is 0 Å². The number of anilines is 2. The molecule has 0 unspecified atom stereocenters. The summed E-state index contributed by atoms with van der Waals surface area (Å²) in [7, 11) is 0. The molecule has 32 heavy (non-hydrogen) atoms. The highest BCUT2D eigenvalue weighted by Gasteiger charge is 2.33. The number of nitriles is 1. The summed E-state index contributed by atoms with van der Waals surface area (Å²) in [6.45, 7) is 4.60. The maximum atomic E-state index is 13.0. The summed E-state index contributed by atoms with van der Waals surface area (Å²) in [5.74, 6) is 0.456. The second-order valence-electron chi connectivity index (χ2n) is 7.28. The van der Waals surface area contributed by atoms with Gasteiger partial charge in [-0.25, -0.2) is 9.78 Å². The van der Waals surface area contributed by atoms with Crippen molar-refractivity contribution in [1.82, 2.24) is 10.3 Å². The van der Waals surface area contributed by atoms with Gasteiger partial charge in [-0.05, 0) is 49.6 Å². The molecule has 0 aliphatic rings. The van der Waals surface area contributed by atoms with E-state index < -0.39 is 17.8 Å². The van der Waals surface area contributed by atoms with Crippen molar-refractivity contribution >= 4 is 28.4 Å². The Morgan fingerprint density at radius 3 is 2.59 bits per heavy atom. The second-order valence-corrected chi connectivity index (χ2v) is 7.28. The number of aromatic nitrogens is 1. The minimum Gasteiger partial charge on any atom is -0.369 e. The lowest BCUT2D eigenvalue weighted by Crippen LogP contribution is -2.31. The maximum absolute atomic E-state index is 13.0. The maximum Gasteiger partial charge on any atom is 0.418 e. The summed E-state index contributed by atoms with van der Waals surface area (Å²) in [5.41, 5.74) is 2.15. The van der Waals surface area contributed by atoms with E-state index in [1.807, 2.05) is 26.0 Å². The van der Waals surface area contributed by atoms with Crippen LogP contribution in [0.25, 0.3) is 10.9 Å². The third-order valence-electron chi connectivity index (χ3n) is 5.04. The van der Waals surface area contributed by atoms with Crippen molar-refractivity contribution in [3.05, 3.63) is 64.7 Å². The fourth-order valence-corrected chi connectivity index (χ4v) is 3.21. The molecule has 0 aliphatic heterocycles. The number of halogens is 3. The number of hydrogen-bond acceptors (Lipinski definition) is 4. The van der Waals surface area contributed by atoms with Crippen molar-refractivity contribution in [2.75, 3.05) is 23.7 Å². The highest BCUT2D eigenvalue weighted by Crippen LogP contribution is 2.34. The summed E-state index contributed by atoms with van der Waals surface area (Å²) in [6, 6.07) is 11.9. The standard InChI is InChI=1S/C23H22F3N5O/c1-14-8-9-16-12-17(13-27)21(31-20(16)15(14)2)28-10-5-11-29-22(32)30-19-7-4-3-6-18(19)23(24,25)26/h3-4,6-9,12H,5,10-11H2,1-2H3,(H,28,31)(H2,29,30,32). The van der Waals surface area contributed by atoms with Crippen molar-refractivity contribution in [2.24, 2.45) is 0 Å². The zero-order chi connectivity index (χ0) is 23.3. The number of pyridine rings is 1. The van der Waals surface area contributed by atoms with E-state index in [2.05, 4.69) is 27.0 Å². The lowest BCUT2D eigenvalue weighted by molar-refractivity contribution is -0.136. The number of aryl methyl sites for hydroxylation is 2. The molecule has 1 heterocycles. The zero-order valence-corrected chi connectivity index (χ0v) is 17.6. The molecular weight excluding hydrogens is 419 g/mol. The number of rotatable bonds is 6. The van der Waals surface area contributed by atoms with Gasteiger partial charge in [0.1, 0.15) is 11.9 Å². The van der Waals surface area contributed by atoms with Crippen LogP contribution in [0.15, 0.2) is 42.5 Å². The van der Waals surface area contributed by atoms with E-state index in [1.165, 1.54) is 18.2 Å². The Morgan fingerprint density at radius 2 is 1.88 bits per heavy atom. The van der Waals surface area contributed by atoms with Crippen LogP contribution in [0, 0.1) is 25.2 Å². The van der Waals surface area contributed by atoms with Gasteiger partial charge in [0, 0.05) is 18.5 Å². The van der Waals surface area contributed by atoms with Crippen LogP contribution < -0.4 is 16.0 Å². The number of para-hydroxylation sites is 1. The quantitative estimate of drug-likeness (QED) is 0.449. The molecule has 0 fully saturated rings. The molecule has 3 aromatic rings. The number of alkyl halides is 3. The number of carbonyl (C=O) groups excluding carboxylic acids is 1. The SMILES string of the molecule is Cc1ccc2cc(C#N)c(NCCCNC(=O)Nc3ccccc3C(F)(F)F)nc2c1C. The Balaban J connectivity index is 1.55.